The van der Waals surface area contributed by atoms with Crippen LogP contribution in [0.4, 0.5) is 0 Å². The Morgan fingerprint density at radius 2 is 1.44 bits per heavy atom. The molecule has 43 heavy (non-hydrogen) atoms. The van der Waals surface area contributed by atoms with Gasteiger partial charge in [-0.1, -0.05) is 127 Å². The van der Waals surface area contributed by atoms with Crippen LogP contribution in [0.25, 0.3) is 39.0 Å². The van der Waals surface area contributed by atoms with Crippen LogP contribution in [-0.2, 0) is 6.42 Å². The lowest BCUT2D eigenvalue weighted by Gasteiger charge is -2.11. The fourth-order valence-corrected chi connectivity index (χ4v) is 6.18. The molecule has 0 amide bonds. The lowest BCUT2D eigenvalue weighted by molar-refractivity contribution is 1.05. The molecule has 7 rings (SSSR count). The van der Waals surface area contributed by atoms with Gasteiger partial charge < -0.3 is 0 Å². The van der Waals surface area contributed by atoms with Gasteiger partial charge in [0.25, 0.3) is 0 Å². The summed E-state index contributed by atoms with van der Waals surface area (Å²) in [7, 11) is 0. The molecule has 1 N–H and O–H groups in total. The summed E-state index contributed by atoms with van der Waals surface area (Å²) in [6.07, 6.45) is 9.45. The number of amidine groups is 2. The number of benzene rings is 5. The maximum atomic E-state index is 8.71. The van der Waals surface area contributed by atoms with Crippen LogP contribution in [0.5, 0.6) is 0 Å². The summed E-state index contributed by atoms with van der Waals surface area (Å²) in [5.74, 6) is 0.618. The van der Waals surface area contributed by atoms with E-state index in [1.54, 1.807) is 0 Å². The van der Waals surface area contributed by atoms with E-state index in [2.05, 4.69) is 126 Å². The topological polar surface area (TPSA) is 48.6 Å². The third-order valence-corrected chi connectivity index (χ3v) is 8.36. The molecule has 0 saturated heterocycles. The predicted octanol–water partition coefficient (Wildman–Crippen LogP) is 9.80. The van der Waals surface area contributed by atoms with Gasteiger partial charge in [0.15, 0.2) is 11.7 Å². The number of hydrogen-bond donors (Lipinski definition) is 1. The monoisotopic (exact) mass is 553 g/mol. The molecular weight excluding hydrogens is 522 g/mol. The molecule has 0 atom stereocenters. The highest BCUT2D eigenvalue weighted by Crippen LogP contribution is 2.44. The fraction of sp³-hybridized carbons (Fsp3) is 0.0750. The average molecular weight is 554 g/mol. The highest BCUT2D eigenvalue weighted by molar-refractivity contribution is 6.12. The van der Waals surface area contributed by atoms with Crippen molar-refractivity contribution < 1.29 is 0 Å². The van der Waals surface area contributed by atoms with Crippen LogP contribution >= 0.6 is 0 Å². The average Bonchev–Trinajstić information content (AvgIpc) is 3.46. The van der Waals surface area contributed by atoms with Crippen LogP contribution in [0.2, 0.25) is 0 Å². The minimum absolute atomic E-state index is 0.164. The molecule has 206 valence electrons. The molecule has 0 bridgehead atoms. The summed E-state index contributed by atoms with van der Waals surface area (Å²) in [4.78, 5) is 8.74. The van der Waals surface area contributed by atoms with Crippen molar-refractivity contribution in [3.63, 3.8) is 0 Å². The highest BCUT2D eigenvalue weighted by atomic mass is 14.9. The molecule has 0 spiro atoms. The summed E-state index contributed by atoms with van der Waals surface area (Å²) in [5.41, 5.74) is 14.3. The second kappa shape index (κ2) is 11.5. The fourth-order valence-electron chi connectivity index (χ4n) is 6.18. The molecule has 0 aliphatic heterocycles. The maximum Gasteiger partial charge on any atom is 0.161 e. The van der Waals surface area contributed by atoms with Crippen molar-refractivity contribution in [3.8, 4) is 33.4 Å². The van der Waals surface area contributed by atoms with Crippen molar-refractivity contribution in [1.29, 1.82) is 5.41 Å². The first kappa shape index (κ1) is 26.5. The van der Waals surface area contributed by atoms with Crippen molar-refractivity contribution in [2.75, 3.05) is 0 Å². The Bertz CT molecular complexity index is 1960. The summed E-state index contributed by atoms with van der Waals surface area (Å²) in [6, 6.07) is 40.3. The van der Waals surface area contributed by atoms with Gasteiger partial charge >= 0.3 is 0 Å². The molecule has 3 heteroatoms. The van der Waals surface area contributed by atoms with E-state index < -0.39 is 0 Å². The van der Waals surface area contributed by atoms with E-state index in [0.717, 1.165) is 41.5 Å². The van der Waals surface area contributed by atoms with E-state index in [9.17, 15) is 0 Å². The largest absolute Gasteiger partial charge is 0.282 e. The van der Waals surface area contributed by atoms with Crippen LogP contribution in [0.15, 0.2) is 143 Å². The maximum absolute atomic E-state index is 8.71. The molecule has 3 nitrogen and oxygen atoms in total. The second-order valence-electron chi connectivity index (χ2n) is 11.0. The van der Waals surface area contributed by atoms with Gasteiger partial charge in [-0.3, -0.25) is 5.41 Å². The lowest BCUT2D eigenvalue weighted by atomic mass is 9.93. The van der Waals surface area contributed by atoms with Gasteiger partial charge in [0.2, 0.25) is 0 Å². The number of nitrogens with one attached hydrogen (secondary N) is 1. The smallest absolute Gasteiger partial charge is 0.161 e. The molecule has 5 aromatic rings. The van der Waals surface area contributed by atoms with Crippen LogP contribution < -0.4 is 0 Å². The van der Waals surface area contributed by atoms with Gasteiger partial charge in [-0.2, -0.15) is 0 Å². The molecule has 2 aliphatic rings. The summed E-state index contributed by atoms with van der Waals surface area (Å²) in [6.45, 7) is 3.74. The highest BCUT2D eigenvalue weighted by Gasteiger charge is 2.22. The lowest BCUT2D eigenvalue weighted by Crippen LogP contribution is -2.04. The molecule has 0 unspecified atom stereocenters. The van der Waals surface area contributed by atoms with Crippen molar-refractivity contribution in [1.82, 2.24) is 0 Å². The standard InChI is InChI=1S/C40H31N3/c1-42-40(34-16-8-14-31(24-34)27-10-4-2-5-11-27)43-39(41)30-20-18-28(19-21-30)32-22-23-37-35(25-32)26-33-15-9-17-36(38(33)37)29-12-6-3-7-13-29/h2-4,6-10,12-25,41H,1,5,11,26H2. The quantitative estimate of drug-likeness (QED) is 0.163. The molecule has 2 aliphatic carbocycles. The van der Waals surface area contributed by atoms with Gasteiger partial charge in [0.1, 0.15) is 0 Å². The minimum Gasteiger partial charge on any atom is -0.282 e. The van der Waals surface area contributed by atoms with Crippen LogP contribution in [0, 0.1) is 5.41 Å². The van der Waals surface area contributed by atoms with E-state index in [4.69, 9.17) is 5.41 Å². The van der Waals surface area contributed by atoms with Gasteiger partial charge in [-0.25, -0.2) is 9.98 Å². The number of nitrogens with zero attached hydrogens (tertiary/aromatic N) is 2. The van der Waals surface area contributed by atoms with Gasteiger partial charge in [0.05, 0.1) is 0 Å². The number of aliphatic imine (C=N–C) groups is 2. The Morgan fingerprint density at radius 3 is 2.23 bits per heavy atom. The van der Waals surface area contributed by atoms with Crippen molar-refractivity contribution >= 4 is 24.0 Å². The third kappa shape index (κ3) is 5.22. The third-order valence-electron chi connectivity index (χ3n) is 8.36. The van der Waals surface area contributed by atoms with Crippen molar-refractivity contribution in [2.24, 2.45) is 9.98 Å². The zero-order valence-corrected chi connectivity index (χ0v) is 23.9. The van der Waals surface area contributed by atoms with E-state index in [-0.39, 0.29) is 5.84 Å². The molecule has 0 saturated carbocycles. The van der Waals surface area contributed by atoms with E-state index in [1.165, 1.54) is 44.5 Å². The van der Waals surface area contributed by atoms with Gasteiger partial charge in [-0.15, -0.1) is 0 Å². The summed E-state index contributed by atoms with van der Waals surface area (Å²) >= 11 is 0. The first-order chi connectivity index (χ1) is 21.2. The molecule has 0 fully saturated rings. The predicted molar refractivity (Wildman–Crippen MR) is 181 cm³/mol. The Kier molecular flexibility index (Phi) is 7.06. The molecule has 0 radical (unpaired) electrons. The number of fused-ring (bicyclic) bond motifs is 3. The number of allylic oxidation sites excluding steroid dienone is 4. The SMILES string of the molecule is C=NC(=NC(=N)c1ccc(-c2ccc3c(c2)Cc2cccc(-c4ccccc4)c2-3)cc1)c1cccc(C2=CC=CCC2)c1. The van der Waals surface area contributed by atoms with Crippen LogP contribution in [0.3, 0.4) is 0 Å². The first-order valence-corrected chi connectivity index (χ1v) is 14.7. The molecule has 0 heterocycles. The van der Waals surface area contributed by atoms with Crippen LogP contribution in [0.1, 0.15) is 40.7 Å². The van der Waals surface area contributed by atoms with Crippen molar-refractivity contribution in [3.05, 3.63) is 161 Å². The number of rotatable bonds is 5. The normalized spacial score (nSPS) is 13.7. The van der Waals surface area contributed by atoms with E-state index in [1.807, 2.05) is 24.3 Å². The molecule has 0 aromatic heterocycles. The van der Waals surface area contributed by atoms with Crippen LogP contribution in [-0.4, -0.2) is 18.4 Å². The Hall–Kier alpha value is -5.41. The molecule has 5 aromatic carbocycles. The Balaban J connectivity index is 1.13. The van der Waals surface area contributed by atoms with Crippen molar-refractivity contribution in [2.45, 2.75) is 19.3 Å². The summed E-state index contributed by atoms with van der Waals surface area (Å²) < 4.78 is 0. The van der Waals surface area contributed by atoms with E-state index in [0.29, 0.717) is 5.84 Å². The summed E-state index contributed by atoms with van der Waals surface area (Å²) in [5, 5.41) is 8.71. The van der Waals surface area contributed by atoms with E-state index >= 15 is 0 Å². The molecular formula is C40H31N3. The Morgan fingerprint density at radius 1 is 0.651 bits per heavy atom. The second-order valence-corrected chi connectivity index (χ2v) is 11.0. The number of hydrogen-bond acceptors (Lipinski definition) is 1. The zero-order chi connectivity index (χ0) is 29.2. The van der Waals surface area contributed by atoms with Gasteiger partial charge in [0, 0.05) is 11.1 Å². The first-order valence-electron chi connectivity index (χ1n) is 14.7. The zero-order valence-electron chi connectivity index (χ0n) is 23.9. The minimum atomic E-state index is 0.164. The Labute approximate surface area is 252 Å². The van der Waals surface area contributed by atoms with Gasteiger partial charge in [-0.05, 0) is 87.7 Å².